The summed E-state index contributed by atoms with van der Waals surface area (Å²) >= 11 is 0. The lowest BCUT2D eigenvalue weighted by atomic mass is 10.1. The molecule has 1 atom stereocenters. The van der Waals surface area contributed by atoms with Gasteiger partial charge in [0.25, 0.3) is 0 Å². The maximum atomic E-state index is 13.6. The highest BCUT2D eigenvalue weighted by Gasteiger charge is 2.42. The molecule has 3 rings (SSSR count). The summed E-state index contributed by atoms with van der Waals surface area (Å²) in [5.74, 6) is -0.554. The Labute approximate surface area is 259 Å². The van der Waals surface area contributed by atoms with E-state index in [0.29, 0.717) is 47.3 Å². The first-order valence-electron chi connectivity index (χ1n) is 16.0. The van der Waals surface area contributed by atoms with Gasteiger partial charge in [-0.15, -0.1) is 0 Å². The van der Waals surface area contributed by atoms with Crippen LogP contribution in [0.25, 0.3) is 10.8 Å². The maximum absolute atomic E-state index is 13.6. The van der Waals surface area contributed by atoms with Gasteiger partial charge < -0.3 is 14.2 Å². The van der Waals surface area contributed by atoms with Gasteiger partial charge in [0.1, 0.15) is 11.5 Å². The molecule has 0 aliphatic carbocycles. The van der Waals surface area contributed by atoms with E-state index in [2.05, 4.69) is 13.8 Å². The SMILES string of the molecule is CCCCCCCCOc1ccc(C(=O)Oc2ccc3cc(C(=O)OC(CCCCCCCC)C(F)(F)F)ccc3c2)cc1. The Balaban J connectivity index is 1.53. The molecule has 0 N–H and O–H groups in total. The van der Waals surface area contributed by atoms with Gasteiger partial charge in [0.2, 0.25) is 0 Å². The molecule has 3 aromatic rings. The van der Waals surface area contributed by atoms with E-state index in [1.807, 2.05) is 0 Å². The second-order valence-electron chi connectivity index (χ2n) is 11.2. The smallest absolute Gasteiger partial charge is 0.425 e. The molecule has 0 bridgehead atoms. The lowest BCUT2D eigenvalue weighted by Crippen LogP contribution is -2.33. The average molecular weight is 615 g/mol. The summed E-state index contributed by atoms with van der Waals surface area (Å²) in [5, 5.41) is 1.26. The van der Waals surface area contributed by atoms with Crippen LogP contribution < -0.4 is 9.47 Å². The van der Waals surface area contributed by atoms with Crippen molar-refractivity contribution < 1.29 is 37.0 Å². The molecule has 0 fully saturated rings. The number of fused-ring (bicyclic) bond motifs is 1. The minimum absolute atomic E-state index is 0.0262. The van der Waals surface area contributed by atoms with Crippen LogP contribution in [0.3, 0.4) is 0 Å². The summed E-state index contributed by atoms with van der Waals surface area (Å²) in [6.07, 6.45) is 5.07. The molecular formula is C36H45F3O5. The summed E-state index contributed by atoms with van der Waals surface area (Å²) in [7, 11) is 0. The molecule has 0 saturated heterocycles. The Morgan fingerprint density at radius 2 is 1.18 bits per heavy atom. The number of esters is 2. The number of rotatable bonds is 19. The Morgan fingerprint density at radius 1 is 0.636 bits per heavy atom. The number of alkyl halides is 3. The van der Waals surface area contributed by atoms with Gasteiger partial charge >= 0.3 is 18.1 Å². The summed E-state index contributed by atoms with van der Waals surface area (Å²) < 4.78 is 56.9. The monoisotopic (exact) mass is 614 g/mol. The second-order valence-corrected chi connectivity index (χ2v) is 11.2. The van der Waals surface area contributed by atoms with Crippen molar-refractivity contribution in [3.8, 4) is 11.5 Å². The van der Waals surface area contributed by atoms with Gasteiger partial charge in [0.15, 0.2) is 6.10 Å². The number of carbonyl (C=O) groups excluding carboxylic acids is 2. The standard InChI is InChI=1S/C36H45F3O5/c1-3-5-7-9-11-13-15-33(36(37,38)39)44-35(41)30-17-16-29-26-32(23-20-28(29)25-30)43-34(40)27-18-21-31(22-19-27)42-24-14-12-10-8-6-4-2/h16-23,25-26,33H,3-15,24H2,1-2H3. The Hall–Kier alpha value is -3.55. The van der Waals surface area contributed by atoms with Crippen LogP contribution in [0.15, 0.2) is 60.7 Å². The van der Waals surface area contributed by atoms with Crippen LogP contribution in [0.2, 0.25) is 0 Å². The number of carbonyl (C=O) groups is 2. The third kappa shape index (κ3) is 11.9. The predicted molar refractivity (Wildman–Crippen MR) is 167 cm³/mol. The lowest BCUT2D eigenvalue weighted by Gasteiger charge is -2.21. The van der Waals surface area contributed by atoms with Crippen LogP contribution in [0.5, 0.6) is 11.5 Å². The molecule has 0 amide bonds. The molecule has 240 valence electrons. The van der Waals surface area contributed by atoms with Gasteiger partial charge in [0, 0.05) is 0 Å². The molecular weight excluding hydrogens is 569 g/mol. The fraction of sp³-hybridized carbons (Fsp3) is 0.500. The molecule has 44 heavy (non-hydrogen) atoms. The fourth-order valence-electron chi connectivity index (χ4n) is 4.94. The molecule has 0 aromatic heterocycles. The van der Waals surface area contributed by atoms with Crippen molar-refractivity contribution in [1.29, 1.82) is 0 Å². The van der Waals surface area contributed by atoms with Gasteiger partial charge in [-0.3, -0.25) is 0 Å². The van der Waals surface area contributed by atoms with E-state index >= 15 is 0 Å². The molecule has 1 unspecified atom stereocenters. The molecule has 0 aliphatic heterocycles. The lowest BCUT2D eigenvalue weighted by molar-refractivity contribution is -0.206. The second kappa shape index (κ2) is 18.3. The van der Waals surface area contributed by atoms with Gasteiger partial charge in [0.05, 0.1) is 17.7 Å². The van der Waals surface area contributed by atoms with Crippen LogP contribution in [0.4, 0.5) is 13.2 Å². The molecule has 5 nitrogen and oxygen atoms in total. The van der Waals surface area contributed by atoms with Crippen molar-refractivity contribution in [2.75, 3.05) is 6.61 Å². The zero-order chi connectivity index (χ0) is 31.8. The van der Waals surface area contributed by atoms with E-state index < -0.39 is 24.2 Å². The van der Waals surface area contributed by atoms with E-state index in [0.717, 1.165) is 38.5 Å². The number of hydrogen-bond acceptors (Lipinski definition) is 5. The molecule has 8 heteroatoms. The summed E-state index contributed by atoms with van der Waals surface area (Å²) in [6, 6.07) is 16.1. The van der Waals surface area contributed by atoms with Gasteiger partial charge in [-0.25, -0.2) is 9.59 Å². The molecule has 0 heterocycles. The van der Waals surface area contributed by atoms with E-state index in [1.54, 1.807) is 48.5 Å². The van der Waals surface area contributed by atoms with Crippen molar-refractivity contribution in [3.05, 3.63) is 71.8 Å². The molecule has 0 saturated carbocycles. The van der Waals surface area contributed by atoms with Crippen molar-refractivity contribution >= 4 is 22.7 Å². The van der Waals surface area contributed by atoms with Crippen LogP contribution >= 0.6 is 0 Å². The minimum Gasteiger partial charge on any atom is -0.494 e. The highest BCUT2D eigenvalue weighted by atomic mass is 19.4. The first-order valence-corrected chi connectivity index (χ1v) is 16.0. The van der Waals surface area contributed by atoms with E-state index in [-0.39, 0.29) is 12.0 Å². The molecule has 0 spiro atoms. The largest absolute Gasteiger partial charge is 0.494 e. The number of halogens is 3. The molecule has 3 aromatic carbocycles. The van der Waals surface area contributed by atoms with Gasteiger partial charge in [-0.2, -0.15) is 13.2 Å². The van der Waals surface area contributed by atoms with Crippen LogP contribution in [0, 0.1) is 0 Å². The highest BCUT2D eigenvalue weighted by molar-refractivity contribution is 5.96. The van der Waals surface area contributed by atoms with Crippen molar-refractivity contribution in [3.63, 3.8) is 0 Å². The van der Waals surface area contributed by atoms with Crippen molar-refractivity contribution in [2.24, 2.45) is 0 Å². The Kier molecular flexibility index (Phi) is 14.5. The molecule has 0 radical (unpaired) electrons. The summed E-state index contributed by atoms with van der Waals surface area (Å²) in [5.41, 5.74) is 0.397. The average Bonchev–Trinajstić information content (AvgIpc) is 3.01. The number of hydrogen-bond donors (Lipinski definition) is 0. The van der Waals surface area contributed by atoms with Crippen LogP contribution in [0.1, 0.15) is 118 Å². The van der Waals surface area contributed by atoms with Crippen molar-refractivity contribution in [1.82, 2.24) is 0 Å². The third-order valence-electron chi connectivity index (χ3n) is 7.55. The van der Waals surface area contributed by atoms with Crippen molar-refractivity contribution in [2.45, 2.75) is 110 Å². The first-order chi connectivity index (χ1) is 21.2. The minimum atomic E-state index is -4.63. The predicted octanol–water partition coefficient (Wildman–Crippen LogP) is 10.6. The Bertz CT molecular complexity index is 1300. The van der Waals surface area contributed by atoms with E-state index in [4.69, 9.17) is 14.2 Å². The number of benzene rings is 3. The number of unbranched alkanes of at least 4 members (excludes halogenated alkanes) is 10. The zero-order valence-corrected chi connectivity index (χ0v) is 25.9. The summed E-state index contributed by atoms with van der Waals surface area (Å²) in [4.78, 5) is 25.3. The fourth-order valence-corrected chi connectivity index (χ4v) is 4.94. The van der Waals surface area contributed by atoms with Crippen LogP contribution in [-0.4, -0.2) is 30.8 Å². The quantitative estimate of drug-likeness (QED) is 0.0764. The molecule has 0 aliphatic rings. The maximum Gasteiger partial charge on any atom is 0.425 e. The van der Waals surface area contributed by atoms with Gasteiger partial charge in [-0.1, -0.05) is 90.2 Å². The summed E-state index contributed by atoms with van der Waals surface area (Å²) in [6.45, 7) is 4.91. The van der Waals surface area contributed by atoms with E-state index in [9.17, 15) is 22.8 Å². The van der Waals surface area contributed by atoms with Crippen LogP contribution in [-0.2, 0) is 4.74 Å². The van der Waals surface area contributed by atoms with E-state index in [1.165, 1.54) is 37.8 Å². The normalized spacial score (nSPS) is 12.2. The Morgan fingerprint density at radius 3 is 1.84 bits per heavy atom. The topological polar surface area (TPSA) is 61.8 Å². The highest BCUT2D eigenvalue weighted by Crippen LogP contribution is 2.29. The van der Waals surface area contributed by atoms with Gasteiger partial charge in [-0.05, 0) is 78.6 Å². The number of ether oxygens (including phenoxy) is 3. The zero-order valence-electron chi connectivity index (χ0n) is 25.9. The third-order valence-corrected chi connectivity index (χ3v) is 7.55. The first kappa shape index (κ1) is 34.9.